The van der Waals surface area contributed by atoms with E-state index < -0.39 is 0 Å². The molecule has 2 heterocycles. The molecule has 0 aromatic carbocycles. The van der Waals surface area contributed by atoms with Crippen molar-refractivity contribution in [3.63, 3.8) is 0 Å². The van der Waals surface area contributed by atoms with Gasteiger partial charge in [-0.25, -0.2) is 5.01 Å². The van der Waals surface area contributed by atoms with Crippen LogP contribution in [0.5, 0.6) is 0 Å². The maximum absolute atomic E-state index is 12.0. The molecule has 7 nitrogen and oxygen atoms in total. The molecule has 3 N–H and O–H groups in total. The third kappa shape index (κ3) is 3.24. The summed E-state index contributed by atoms with van der Waals surface area (Å²) in [6, 6.07) is 0. The number of nitrogens with zero attached hydrogens (tertiary/aromatic N) is 4. The van der Waals surface area contributed by atoms with E-state index in [2.05, 4.69) is 22.5 Å². The van der Waals surface area contributed by atoms with E-state index in [-0.39, 0.29) is 12.5 Å². The topological polar surface area (TPSA) is 79.4 Å². The molecule has 0 radical (unpaired) electrons. The van der Waals surface area contributed by atoms with Gasteiger partial charge >= 0.3 is 0 Å². The van der Waals surface area contributed by atoms with E-state index in [4.69, 9.17) is 5.73 Å². The SMILES string of the molecule is Cc1nn(CC(=O)NN2CCN(C)CC2)c(C)c1N. The van der Waals surface area contributed by atoms with Crippen LogP contribution in [0, 0.1) is 13.8 Å². The second kappa shape index (κ2) is 5.58. The molecule has 1 aliphatic rings. The van der Waals surface area contributed by atoms with Gasteiger partial charge in [0.2, 0.25) is 0 Å². The number of carbonyl (C=O) groups is 1. The third-order valence-electron chi connectivity index (χ3n) is 3.52. The fourth-order valence-corrected chi connectivity index (χ4v) is 2.13. The number of piperazine rings is 1. The molecule has 0 unspecified atom stereocenters. The van der Waals surface area contributed by atoms with Gasteiger partial charge in [-0.15, -0.1) is 0 Å². The van der Waals surface area contributed by atoms with Crippen LogP contribution in [0.4, 0.5) is 5.69 Å². The Hall–Kier alpha value is -1.60. The molecule has 1 aromatic heterocycles. The zero-order valence-corrected chi connectivity index (χ0v) is 11.8. The largest absolute Gasteiger partial charge is 0.396 e. The van der Waals surface area contributed by atoms with E-state index in [0.29, 0.717) is 5.69 Å². The summed E-state index contributed by atoms with van der Waals surface area (Å²) in [5, 5.41) is 6.21. The Kier molecular flexibility index (Phi) is 4.06. The summed E-state index contributed by atoms with van der Waals surface area (Å²) in [5.74, 6) is -0.0600. The fourth-order valence-electron chi connectivity index (χ4n) is 2.13. The van der Waals surface area contributed by atoms with Crippen LogP contribution in [-0.2, 0) is 11.3 Å². The van der Waals surface area contributed by atoms with Crippen molar-refractivity contribution < 1.29 is 4.79 Å². The van der Waals surface area contributed by atoms with Gasteiger partial charge in [-0.3, -0.25) is 14.9 Å². The minimum atomic E-state index is -0.0600. The summed E-state index contributed by atoms with van der Waals surface area (Å²) in [6.07, 6.45) is 0. The van der Waals surface area contributed by atoms with Gasteiger partial charge in [0.25, 0.3) is 5.91 Å². The molecule has 0 aliphatic carbocycles. The molecule has 0 spiro atoms. The molecule has 1 aromatic rings. The first-order valence-corrected chi connectivity index (χ1v) is 6.50. The third-order valence-corrected chi connectivity index (χ3v) is 3.52. The van der Waals surface area contributed by atoms with Crippen LogP contribution in [0.1, 0.15) is 11.4 Å². The number of likely N-dealkylation sites (N-methyl/N-ethyl adjacent to an activating group) is 1. The predicted molar refractivity (Wildman–Crippen MR) is 73.3 cm³/mol. The first kappa shape index (κ1) is 13.8. The van der Waals surface area contributed by atoms with Gasteiger partial charge in [0.15, 0.2) is 0 Å². The molecule has 0 saturated carbocycles. The Morgan fingerprint density at radius 1 is 1.32 bits per heavy atom. The van der Waals surface area contributed by atoms with Gasteiger partial charge in [-0.1, -0.05) is 0 Å². The van der Waals surface area contributed by atoms with Gasteiger partial charge in [-0.2, -0.15) is 5.10 Å². The maximum atomic E-state index is 12.0. The highest BCUT2D eigenvalue weighted by atomic mass is 16.2. The van der Waals surface area contributed by atoms with E-state index in [1.165, 1.54) is 0 Å². The van der Waals surface area contributed by atoms with Crippen molar-refractivity contribution in [2.75, 3.05) is 39.0 Å². The number of nitrogens with one attached hydrogen (secondary N) is 1. The number of hydrazine groups is 1. The zero-order valence-electron chi connectivity index (χ0n) is 11.8. The maximum Gasteiger partial charge on any atom is 0.256 e. The summed E-state index contributed by atoms with van der Waals surface area (Å²) >= 11 is 0. The summed E-state index contributed by atoms with van der Waals surface area (Å²) in [5.41, 5.74) is 11.0. The van der Waals surface area contributed by atoms with E-state index in [0.717, 1.165) is 37.6 Å². The van der Waals surface area contributed by atoms with Crippen molar-refractivity contribution in [2.45, 2.75) is 20.4 Å². The molecule has 1 fully saturated rings. The number of hydrogen-bond donors (Lipinski definition) is 2. The molecule has 7 heteroatoms. The highest BCUT2D eigenvalue weighted by Gasteiger charge is 2.17. The minimum Gasteiger partial charge on any atom is -0.396 e. The lowest BCUT2D eigenvalue weighted by Gasteiger charge is -2.32. The number of nitrogen functional groups attached to an aromatic ring is 1. The van der Waals surface area contributed by atoms with Crippen molar-refractivity contribution in [3.8, 4) is 0 Å². The number of carbonyl (C=O) groups excluding carboxylic acids is 1. The minimum absolute atomic E-state index is 0.0600. The molecular formula is C12H22N6O. The van der Waals surface area contributed by atoms with Gasteiger partial charge in [-0.05, 0) is 20.9 Å². The number of amides is 1. The van der Waals surface area contributed by atoms with Crippen molar-refractivity contribution in [1.29, 1.82) is 0 Å². The number of aryl methyl sites for hydroxylation is 1. The molecule has 1 amide bonds. The molecule has 1 saturated heterocycles. The zero-order chi connectivity index (χ0) is 14.0. The van der Waals surface area contributed by atoms with Gasteiger partial charge in [0, 0.05) is 26.2 Å². The molecule has 0 atom stereocenters. The Labute approximate surface area is 113 Å². The molecule has 106 valence electrons. The van der Waals surface area contributed by atoms with Crippen LogP contribution in [0.25, 0.3) is 0 Å². The van der Waals surface area contributed by atoms with Gasteiger partial charge < -0.3 is 10.6 Å². The highest BCUT2D eigenvalue weighted by Crippen LogP contribution is 2.14. The van der Waals surface area contributed by atoms with Crippen LogP contribution < -0.4 is 11.2 Å². The summed E-state index contributed by atoms with van der Waals surface area (Å²) < 4.78 is 1.65. The number of hydrogen-bond acceptors (Lipinski definition) is 5. The Bertz CT molecular complexity index is 461. The standard InChI is InChI=1S/C12H22N6O/c1-9-12(13)10(2)18(14-9)8-11(19)15-17-6-4-16(3)5-7-17/h4-8,13H2,1-3H3,(H,15,19). The summed E-state index contributed by atoms with van der Waals surface area (Å²) in [7, 11) is 2.08. The number of aromatic nitrogens is 2. The van der Waals surface area contributed by atoms with Crippen LogP contribution >= 0.6 is 0 Å². The lowest BCUT2D eigenvalue weighted by Crippen LogP contribution is -2.53. The lowest BCUT2D eigenvalue weighted by molar-refractivity contribution is -0.127. The fraction of sp³-hybridized carbons (Fsp3) is 0.667. The summed E-state index contributed by atoms with van der Waals surface area (Å²) in [4.78, 5) is 14.2. The van der Waals surface area contributed by atoms with Crippen LogP contribution in [0.3, 0.4) is 0 Å². The van der Waals surface area contributed by atoms with Crippen LogP contribution in [-0.4, -0.2) is 58.8 Å². The normalized spacial score (nSPS) is 17.6. The second-order valence-corrected chi connectivity index (χ2v) is 5.07. The number of rotatable bonds is 3. The first-order valence-electron chi connectivity index (χ1n) is 6.50. The van der Waals surface area contributed by atoms with Crippen LogP contribution in [0.15, 0.2) is 0 Å². The quantitative estimate of drug-likeness (QED) is 0.761. The Morgan fingerprint density at radius 3 is 2.47 bits per heavy atom. The number of nitrogens with two attached hydrogens (primary N) is 1. The van der Waals surface area contributed by atoms with Gasteiger partial charge in [0.05, 0.1) is 17.1 Å². The summed E-state index contributed by atoms with van der Waals surface area (Å²) in [6.45, 7) is 7.55. The van der Waals surface area contributed by atoms with Crippen LogP contribution in [0.2, 0.25) is 0 Å². The average molecular weight is 266 g/mol. The monoisotopic (exact) mass is 266 g/mol. The number of anilines is 1. The van der Waals surface area contributed by atoms with Crippen molar-refractivity contribution in [1.82, 2.24) is 25.1 Å². The van der Waals surface area contributed by atoms with Crippen molar-refractivity contribution in [3.05, 3.63) is 11.4 Å². The van der Waals surface area contributed by atoms with Crippen molar-refractivity contribution >= 4 is 11.6 Å². The van der Waals surface area contributed by atoms with E-state index in [1.54, 1.807) is 4.68 Å². The first-order chi connectivity index (χ1) is 8.97. The molecule has 19 heavy (non-hydrogen) atoms. The molecular weight excluding hydrogens is 244 g/mol. The lowest BCUT2D eigenvalue weighted by atomic mass is 10.3. The second-order valence-electron chi connectivity index (χ2n) is 5.07. The Balaban J connectivity index is 1.89. The molecule has 2 rings (SSSR count). The smallest absolute Gasteiger partial charge is 0.256 e. The van der Waals surface area contributed by atoms with E-state index in [9.17, 15) is 4.79 Å². The highest BCUT2D eigenvalue weighted by molar-refractivity contribution is 5.75. The predicted octanol–water partition coefficient (Wildman–Crippen LogP) is -0.639. The van der Waals surface area contributed by atoms with Gasteiger partial charge in [0.1, 0.15) is 6.54 Å². The van der Waals surface area contributed by atoms with E-state index >= 15 is 0 Å². The van der Waals surface area contributed by atoms with Crippen molar-refractivity contribution in [2.24, 2.45) is 0 Å². The molecule has 1 aliphatic heterocycles. The average Bonchev–Trinajstić information content (AvgIpc) is 2.60. The van der Waals surface area contributed by atoms with E-state index in [1.807, 2.05) is 18.9 Å². The molecule has 0 bridgehead atoms. The Morgan fingerprint density at radius 2 is 1.95 bits per heavy atom.